The predicted octanol–water partition coefficient (Wildman–Crippen LogP) is 1.97. The number of aryl methyl sites for hydroxylation is 1. The summed E-state index contributed by atoms with van der Waals surface area (Å²) in [5.41, 5.74) is 0. The van der Waals surface area contributed by atoms with Crippen LogP contribution in [0.15, 0.2) is 6.07 Å². The van der Waals surface area contributed by atoms with Gasteiger partial charge in [-0.15, -0.1) is 0 Å². The zero-order valence-electron chi connectivity index (χ0n) is 10.6. The maximum absolute atomic E-state index is 5.95. The van der Waals surface area contributed by atoms with Crippen LogP contribution >= 0.6 is 11.6 Å². The van der Waals surface area contributed by atoms with E-state index in [1.807, 2.05) is 13.0 Å². The van der Waals surface area contributed by atoms with Crippen molar-refractivity contribution in [2.45, 2.75) is 25.8 Å². The van der Waals surface area contributed by atoms with Crippen LogP contribution in [-0.2, 0) is 0 Å². The Morgan fingerprint density at radius 3 is 2.88 bits per heavy atom. The molecule has 0 radical (unpaired) electrons. The smallest absolute Gasteiger partial charge is 0.134 e. The third kappa shape index (κ3) is 3.07. The highest BCUT2D eigenvalue weighted by Gasteiger charge is 2.22. The Kier molecular flexibility index (Phi) is 3.84. The molecule has 17 heavy (non-hydrogen) atoms. The van der Waals surface area contributed by atoms with E-state index in [1.165, 1.54) is 19.4 Å². The van der Waals surface area contributed by atoms with Crippen LogP contribution in [-0.4, -0.2) is 48.1 Å². The molecule has 1 atom stereocenters. The van der Waals surface area contributed by atoms with Crippen LogP contribution in [0.2, 0.25) is 5.15 Å². The quantitative estimate of drug-likeness (QED) is 0.772. The zero-order valence-corrected chi connectivity index (χ0v) is 11.4. The molecule has 0 bridgehead atoms. The van der Waals surface area contributed by atoms with E-state index in [9.17, 15) is 0 Å². The lowest BCUT2D eigenvalue weighted by molar-refractivity contribution is 0.314. The molecule has 1 saturated heterocycles. The van der Waals surface area contributed by atoms with Crippen LogP contribution < -0.4 is 4.90 Å². The number of anilines is 1. The van der Waals surface area contributed by atoms with Crippen LogP contribution in [0.5, 0.6) is 0 Å². The summed E-state index contributed by atoms with van der Waals surface area (Å²) in [6.07, 6.45) is 2.55. The summed E-state index contributed by atoms with van der Waals surface area (Å²) < 4.78 is 0. The molecule has 1 aliphatic heterocycles. The number of halogens is 1. The van der Waals surface area contributed by atoms with Gasteiger partial charge in [-0.25, -0.2) is 9.97 Å². The monoisotopic (exact) mass is 254 g/mol. The lowest BCUT2D eigenvalue weighted by Gasteiger charge is -2.26. The fraction of sp³-hybridized carbons (Fsp3) is 0.667. The third-order valence-corrected chi connectivity index (χ3v) is 3.53. The highest BCUT2D eigenvalue weighted by Crippen LogP contribution is 2.19. The van der Waals surface area contributed by atoms with Gasteiger partial charge in [0.25, 0.3) is 0 Å². The molecule has 0 amide bonds. The molecule has 0 aromatic carbocycles. The van der Waals surface area contributed by atoms with Gasteiger partial charge >= 0.3 is 0 Å². The SMILES string of the molecule is Cc1nc(Cl)cc(N(C)CC2CCCN2C)n1. The van der Waals surface area contributed by atoms with Crippen molar-refractivity contribution in [3.8, 4) is 0 Å². The molecule has 94 valence electrons. The van der Waals surface area contributed by atoms with E-state index in [0.717, 1.165) is 18.2 Å². The standard InChI is InChI=1S/C12H19ClN4/c1-9-14-11(13)7-12(15-9)17(3)8-10-5-4-6-16(10)2/h7,10H,4-6,8H2,1-3H3. The van der Waals surface area contributed by atoms with Gasteiger partial charge in [-0.05, 0) is 33.4 Å². The maximum atomic E-state index is 5.95. The lowest BCUT2D eigenvalue weighted by atomic mass is 10.2. The van der Waals surface area contributed by atoms with Crippen molar-refractivity contribution in [2.75, 3.05) is 32.1 Å². The van der Waals surface area contributed by atoms with E-state index in [4.69, 9.17) is 11.6 Å². The third-order valence-electron chi connectivity index (χ3n) is 3.34. The summed E-state index contributed by atoms with van der Waals surface area (Å²) in [5.74, 6) is 1.63. The second-order valence-electron chi connectivity index (χ2n) is 4.75. The maximum Gasteiger partial charge on any atom is 0.134 e. The number of likely N-dealkylation sites (N-methyl/N-ethyl adjacent to an activating group) is 2. The van der Waals surface area contributed by atoms with Gasteiger partial charge in [0.05, 0.1) is 0 Å². The Morgan fingerprint density at radius 2 is 2.29 bits per heavy atom. The predicted molar refractivity (Wildman–Crippen MR) is 70.7 cm³/mol. The first-order valence-electron chi connectivity index (χ1n) is 5.99. The molecule has 1 unspecified atom stereocenters. The molecule has 0 spiro atoms. The van der Waals surface area contributed by atoms with E-state index in [-0.39, 0.29) is 0 Å². The number of nitrogens with zero attached hydrogens (tertiary/aromatic N) is 4. The van der Waals surface area contributed by atoms with Gasteiger partial charge in [0, 0.05) is 25.7 Å². The Labute approximate surface area is 108 Å². The minimum Gasteiger partial charge on any atom is -0.358 e. The van der Waals surface area contributed by atoms with Gasteiger partial charge in [-0.3, -0.25) is 0 Å². The molecule has 2 heterocycles. The van der Waals surface area contributed by atoms with Gasteiger partial charge in [0.2, 0.25) is 0 Å². The van der Waals surface area contributed by atoms with Gasteiger partial charge in [-0.2, -0.15) is 0 Å². The Bertz CT molecular complexity index is 376. The van der Waals surface area contributed by atoms with Crippen LogP contribution in [0, 0.1) is 6.92 Å². The summed E-state index contributed by atoms with van der Waals surface area (Å²) in [7, 11) is 4.24. The first-order chi connectivity index (χ1) is 8.06. The van der Waals surface area contributed by atoms with Crippen molar-refractivity contribution in [2.24, 2.45) is 0 Å². The van der Waals surface area contributed by atoms with E-state index in [2.05, 4.69) is 33.9 Å². The molecule has 1 aromatic rings. The Hall–Kier alpha value is -0.870. The first kappa shape index (κ1) is 12.6. The van der Waals surface area contributed by atoms with Crippen molar-refractivity contribution in [3.05, 3.63) is 17.0 Å². The highest BCUT2D eigenvalue weighted by molar-refractivity contribution is 6.29. The second kappa shape index (κ2) is 5.19. The number of rotatable bonds is 3. The highest BCUT2D eigenvalue weighted by atomic mass is 35.5. The van der Waals surface area contributed by atoms with Crippen molar-refractivity contribution >= 4 is 17.4 Å². The van der Waals surface area contributed by atoms with E-state index in [1.54, 1.807) is 0 Å². The van der Waals surface area contributed by atoms with Gasteiger partial charge in [0.15, 0.2) is 0 Å². The van der Waals surface area contributed by atoms with Crippen LogP contribution in [0.4, 0.5) is 5.82 Å². The summed E-state index contributed by atoms with van der Waals surface area (Å²) in [6, 6.07) is 2.44. The largest absolute Gasteiger partial charge is 0.358 e. The fourth-order valence-electron chi connectivity index (χ4n) is 2.33. The van der Waals surface area contributed by atoms with E-state index < -0.39 is 0 Å². The molecule has 2 rings (SSSR count). The average molecular weight is 255 g/mol. The summed E-state index contributed by atoms with van der Waals surface area (Å²) in [6.45, 7) is 4.05. The molecule has 4 nitrogen and oxygen atoms in total. The molecule has 0 N–H and O–H groups in total. The molecule has 0 aliphatic carbocycles. The zero-order chi connectivity index (χ0) is 12.4. The molecular weight excluding hydrogens is 236 g/mol. The molecule has 5 heteroatoms. The normalized spacial score (nSPS) is 20.8. The molecule has 1 aromatic heterocycles. The molecule has 0 saturated carbocycles. The topological polar surface area (TPSA) is 32.3 Å². The second-order valence-corrected chi connectivity index (χ2v) is 5.14. The van der Waals surface area contributed by atoms with Crippen molar-refractivity contribution < 1.29 is 0 Å². The van der Waals surface area contributed by atoms with Crippen LogP contribution in [0.25, 0.3) is 0 Å². The molecule has 1 fully saturated rings. The van der Waals surface area contributed by atoms with Gasteiger partial charge < -0.3 is 9.80 Å². The van der Waals surface area contributed by atoms with Crippen molar-refractivity contribution in [1.82, 2.24) is 14.9 Å². The molecular formula is C12H19ClN4. The first-order valence-corrected chi connectivity index (χ1v) is 6.36. The van der Waals surface area contributed by atoms with E-state index >= 15 is 0 Å². The summed E-state index contributed by atoms with van der Waals surface area (Å²) >= 11 is 5.95. The van der Waals surface area contributed by atoms with Gasteiger partial charge in [-0.1, -0.05) is 11.6 Å². The minimum absolute atomic E-state index is 0.513. The molecule has 1 aliphatic rings. The van der Waals surface area contributed by atoms with Gasteiger partial charge in [0.1, 0.15) is 16.8 Å². The lowest BCUT2D eigenvalue weighted by Crippen LogP contribution is -2.37. The van der Waals surface area contributed by atoms with Crippen LogP contribution in [0.1, 0.15) is 18.7 Å². The van der Waals surface area contributed by atoms with Crippen molar-refractivity contribution in [1.29, 1.82) is 0 Å². The average Bonchev–Trinajstić information content (AvgIpc) is 2.63. The number of likely N-dealkylation sites (tertiary alicyclic amines) is 1. The number of aromatic nitrogens is 2. The van der Waals surface area contributed by atoms with Crippen LogP contribution in [0.3, 0.4) is 0 Å². The van der Waals surface area contributed by atoms with Crippen molar-refractivity contribution in [3.63, 3.8) is 0 Å². The van der Waals surface area contributed by atoms with E-state index in [0.29, 0.717) is 11.2 Å². The fourth-order valence-corrected chi connectivity index (χ4v) is 2.55. The number of hydrogen-bond donors (Lipinski definition) is 0. The Morgan fingerprint density at radius 1 is 1.53 bits per heavy atom. The summed E-state index contributed by atoms with van der Waals surface area (Å²) in [4.78, 5) is 13.1. The summed E-state index contributed by atoms with van der Waals surface area (Å²) in [5, 5.41) is 0.513. The Balaban J connectivity index is 2.06. The minimum atomic E-state index is 0.513. The number of hydrogen-bond acceptors (Lipinski definition) is 4.